The second kappa shape index (κ2) is 7.17. The van der Waals surface area contributed by atoms with Crippen molar-refractivity contribution in [3.8, 4) is 0 Å². The molecule has 0 aliphatic heterocycles. The van der Waals surface area contributed by atoms with Crippen LogP contribution in [-0.2, 0) is 10.2 Å². The summed E-state index contributed by atoms with van der Waals surface area (Å²) in [5.41, 5.74) is 3.01. The van der Waals surface area contributed by atoms with Crippen molar-refractivity contribution < 1.29 is 14.3 Å². The lowest BCUT2D eigenvalue weighted by atomic mass is 9.87. The monoisotopic (exact) mass is 326 g/mol. The number of hydrogen-bond acceptors (Lipinski definition) is 3. The highest BCUT2D eigenvalue weighted by molar-refractivity contribution is 6.00. The predicted molar refractivity (Wildman–Crippen MR) is 95.6 cm³/mol. The summed E-state index contributed by atoms with van der Waals surface area (Å²) < 4.78 is 4.63. The predicted octanol–water partition coefficient (Wildman–Crippen LogP) is 4.41. The van der Waals surface area contributed by atoms with Gasteiger partial charge in [-0.15, -0.1) is 0 Å². The Morgan fingerprint density at radius 2 is 1.29 bits per heavy atom. The number of amides is 2. The molecule has 0 aliphatic rings. The number of esters is 1. The minimum absolute atomic E-state index is 0.0716. The van der Waals surface area contributed by atoms with E-state index in [2.05, 4.69) is 36.1 Å². The van der Waals surface area contributed by atoms with Crippen LogP contribution in [0.3, 0.4) is 0 Å². The first-order valence-corrected chi connectivity index (χ1v) is 7.66. The molecule has 2 N–H and O–H groups in total. The second-order valence-corrected chi connectivity index (χ2v) is 6.48. The van der Waals surface area contributed by atoms with Gasteiger partial charge in [0.25, 0.3) is 0 Å². The number of carbonyl (C=O) groups excluding carboxylic acids is 2. The van der Waals surface area contributed by atoms with E-state index in [1.54, 1.807) is 24.3 Å². The van der Waals surface area contributed by atoms with Crippen molar-refractivity contribution in [2.24, 2.45) is 0 Å². The fourth-order valence-corrected chi connectivity index (χ4v) is 2.15. The summed E-state index contributed by atoms with van der Waals surface area (Å²) in [4.78, 5) is 23.4. The van der Waals surface area contributed by atoms with Crippen molar-refractivity contribution in [3.05, 3.63) is 59.7 Å². The summed E-state index contributed by atoms with van der Waals surface area (Å²) in [7, 11) is 1.33. The molecule has 2 rings (SSSR count). The van der Waals surface area contributed by atoms with Crippen LogP contribution < -0.4 is 10.6 Å². The molecule has 0 aliphatic carbocycles. The molecule has 2 aromatic rings. The zero-order chi connectivity index (χ0) is 17.7. The third-order valence-electron chi connectivity index (χ3n) is 3.57. The van der Waals surface area contributed by atoms with Crippen LogP contribution >= 0.6 is 0 Å². The molecular weight excluding hydrogens is 304 g/mol. The molecule has 0 bridgehead atoms. The van der Waals surface area contributed by atoms with E-state index in [1.165, 1.54) is 12.7 Å². The first kappa shape index (κ1) is 17.5. The van der Waals surface area contributed by atoms with Crippen LogP contribution in [0.2, 0.25) is 0 Å². The zero-order valence-corrected chi connectivity index (χ0v) is 14.3. The Kier molecular flexibility index (Phi) is 5.24. The largest absolute Gasteiger partial charge is 0.465 e. The van der Waals surface area contributed by atoms with Crippen molar-refractivity contribution in [1.29, 1.82) is 0 Å². The Hall–Kier alpha value is -2.82. The maximum absolute atomic E-state index is 12.0. The Balaban J connectivity index is 1.97. The van der Waals surface area contributed by atoms with Gasteiger partial charge < -0.3 is 15.4 Å². The second-order valence-electron chi connectivity index (χ2n) is 6.48. The van der Waals surface area contributed by atoms with Gasteiger partial charge in [0.2, 0.25) is 0 Å². The van der Waals surface area contributed by atoms with E-state index in [4.69, 9.17) is 0 Å². The molecule has 2 amide bonds. The van der Waals surface area contributed by atoms with E-state index >= 15 is 0 Å². The van der Waals surface area contributed by atoms with E-state index in [-0.39, 0.29) is 11.4 Å². The molecular formula is C19H22N2O3. The van der Waals surface area contributed by atoms with Gasteiger partial charge in [-0.1, -0.05) is 32.9 Å². The number of nitrogens with one attached hydrogen (secondary N) is 2. The third-order valence-corrected chi connectivity index (χ3v) is 3.57. The molecule has 0 saturated carbocycles. The number of benzene rings is 2. The lowest BCUT2D eigenvalue weighted by Crippen LogP contribution is -2.19. The van der Waals surface area contributed by atoms with Crippen molar-refractivity contribution in [2.45, 2.75) is 26.2 Å². The molecule has 0 radical (unpaired) electrons. The van der Waals surface area contributed by atoms with Crippen molar-refractivity contribution in [2.75, 3.05) is 17.7 Å². The summed E-state index contributed by atoms with van der Waals surface area (Å²) in [5, 5.41) is 5.49. The SMILES string of the molecule is COC(=O)c1ccc(NC(=O)Nc2ccc(C(C)(C)C)cc2)cc1. The molecule has 0 unspecified atom stereocenters. The number of methoxy groups -OCH3 is 1. The summed E-state index contributed by atoms with van der Waals surface area (Å²) in [6, 6.07) is 13.9. The van der Waals surface area contributed by atoms with Gasteiger partial charge in [0.15, 0.2) is 0 Å². The molecule has 0 spiro atoms. The van der Waals surface area contributed by atoms with E-state index in [0.29, 0.717) is 16.9 Å². The molecule has 0 saturated heterocycles. The summed E-state index contributed by atoms with van der Waals surface area (Å²) in [6.07, 6.45) is 0. The number of urea groups is 1. The average molecular weight is 326 g/mol. The highest BCUT2D eigenvalue weighted by atomic mass is 16.5. The van der Waals surface area contributed by atoms with E-state index in [9.17, 15) is 9.59 Å². The summed E-state index contributed by atoms with van der Waals surface area (Å²) in [6.45, 7) is 6.42. The zero-order valence-electron chi connectivity index (χ0n) is 14.3. The van der Waals surface area contributed by atoms with Gasteiger partial charge in [-0.2, -0.15) is 0 Å². The van der Waals surface area contributed by atoms with E-state index < -0.39 is 5.97 Å². The summed E-state index contributed by atoms with van der Waals surface area (Å²) >= 11 is 0. The van der Waals surface area contributed by atoms with Gasteiger partial charge in [0, 0.05) is 11.4 Å². The molecule has 0 atom stereocenters. The molecule has 5 nitrogen and oxygen atoms in total. The minimum Gasteiger partial charge on any atom is -0.465 e. The van der Waals surface area contributed by atoms with Crippen LogP contribution in [0.25, 0.3) is 0 Å². The van der Waals surface area contributed by atoms with Gasteiger partial charge in [0.05, 0.1) is 12.7 Å². The van der Waals surface area contributed by atoms with E-state index in [1.807, 2.05) is 24.3 Å². The Morgan fingerprint density at radius 3 is 1.71 bits per heavy atom. The Bertz CT molecular complexity index is 714. The standard InChI is InChI=1S/C19H22N2O3/c1-19(2,3)14-7-11-16(12-8-14)21-18(23)20-15-9-5-13(6-10-15)17(22)24-4/h5-12H,1-4H3,(H2,20,21,23). The van der Waals surface area contributed by atoms with Gasteiger partial charge >= 0.3 is 12.0 Å². The quantitative estimate of drug-likeness (QED) is 0.821. The maximum atomic E-state index is 12.0. The number of hydrogen-bond donors (Lipinski definition) is 2. The van der Waals surface area contributed by atoms with Crippen molar-refractivity contribution in [1.82, 2.24) is 0 Å². The lowest BCUT2D eigenvalue weighted by molar-refractivity contribution is 0.0601. The normalized spacial score (nSPS) is 10.8. The minimum atomic E-state index is -0.412. The molecule has 5 heteroatoms. The molecule has 24 heavy (non-hydrogen) atoms. The lowest BCUT2D eigenvalue weighted by Gasteiger charge is -2.19. The van der Waals surface area contributed by atoms with Crippen LogP contribution in [0, 0.1) is 0 Å². The number of ether oxygens (including phenoxy) is 1. The Labute approximate surface area is 142 Å². The fraction of sp³-hybridized carbons (Fsp3) is 0.263. The van der Waals surface area contributed by atoms with Gasteiger partial charge in [-0.3, -0.25) is 0 Å². The van der Waals surface area contributed by atoms with Gasteiger partial charge in [-0.05, 0) is 47.4 Å². The van der Waals surface area contributed by atoms with Gasteiger partial charge in [0.1, 0.15) is 0 Å². The highest BCUT2D eigenvalue weighted by Gasteiger charge is 2.13. The van der Waals surface area contributed by atoms with Crippen molar-refractivity contribution >= 4 is 23.4 Å². The van der Waals surface area contributed by atoms with Crippen LogP contribution in [0.1, 0.15) is 36.7 Å². The number of anilines is 2. The first-order chi connectivity index (χ1) is 11.3. The average Bonchev–Trinajstić information content (AvgIpc) is 2.54. The fourth-order valence-electron chi connectivity index (χ4n) is 2.15. The van der Waals surface area contributed by atoms with Gasteiger partial charge in [-0.25, -0.2) is 9.59 Å². The molecule has 126 valence electrons. The van der Waals surface area contributed by atoms with Crippen LogP contribution in [0.4, 0.5) is 16.2 Å². The maximum Gasteiger partial charge on any atom is 0.337 e. The van der Waals surface area contributed by atoms with Crippen LogP contribution in [0.5, 0.6) is 0 Å². The molecule has 0 aromatic heterocycles. The summed E-state index contributed by atoms with van der Waals surface area (Å²) in [5.74, 6) is -0.412. The number of rotatable bonds is 3. The molecule has 0 fully saturated rings. The molecule has 2 aromatic carbocycles. The van der Waals surface area contributed by atoms with Crippen LogP contribution in [-0.4, -0.2) is 19.1 Å². The van der Waals surface area contributed by atoms with Crippen LogP contribution in [0.15, 0.2) is 48.5 Å². The van der Waals surface area contributed by atoms with Crippen molar-refractivity contribution in [3.63, 3.8) is 0 Å². The first-order valence-electron chi connectivity index (χ1n) is 7.66. The third kappa shape index (κ3) is 4.59. The smallest absolute Gasteiger partial charge is 0.337 e. The topological polar surface area (TPSA) is 67.4 Å². The number of carbonyl (C=O) groups is 2. The van der Waals surface area contributed by atoms with E-state index in [0.717, 1.165) is 0 Å². The highest BCUT2D eigenvalue weighted by Crippen LogP contribution is 2.23. The molecule has 0 heterocycles. The Morgan fingerprint density at radius 1 is 0.833 bits per heavy atom.